The third kappa shape index (κ3) is 1.69. The minimum Gasteiger partial charge on any atom is -0.160 e. The maximum absolute atomic E-state index is 8.60. The minimum absolute atomic E-state index is 0.367. The van der Waals surface area contributed by atoms with Crippen molar-refractivity contribution < 1.29 is 0 Å². The van der Waals surface area contributed by atoms with Gasteiger partial charge in [0.2, 0.25) is 0 Å². The van der Waals surface area contributed by atoms with Crippen molar-refractivity contribution in [1.29, 1.82) is 0 Å². The molecule has 1 aliphatic heterocycles. The number of azide groups is 1. The molecule has 1 saturated heterocycles. The van der Waals surface area contributed by atoms with E-state index in [4.69, 9.17) is 17.1 Å². The summed E-state index contributed by atoms with van der Waals surface area (Å²) >= 11 is 7.84. The summed E-state index contributed by atoms with van der Waals surface area (Å²) in [5.41, 5.74) is 10.3. The Morgan fingerprint density at radius 2 is 2.27 bits per heavy atom. The van der Waals surface area contributed by atoms with Crippen LogP contribution in [0.5, 0.6) is 0 Å². The predicted octanol–water partition coefficient (Wildman–Crippen LogP) is 3.90. The second-order valence-electron chi connectivity index (χ2n) is 3.63. The van der Waals surface area contributed by atoms with Crippen LogP contribution in [-0.2, 0) is 5.54 Å². The van der Waals surface area contributed by atoms with Crippen LogP contribution in [0.25, 0.3) is 10.4 Å². The molecule has 0 aliphatic carbocycles. The lowest BCUT2D eigenvalue weighted by molar-refractivity contribution is 0.538. The molecule has 0 unspecified atom stereocenters. The third-order valence-corrected chi connectivity index (χ3v) is 4.46. The summed E-state index contributed by atoms with van der Waals surface area (Å²) in [7, 11) is 0. The summed E-state index contributed by atoms with van der Waals surface area (Å²) in [4.78, 5) is 2.95. The Labute approximate surface area is 97.4 Å². The van der Waals surface area contributed by atoms with Crippen LogP contribution in [0.4, 0.5) is 0 Å². The summed E-state index contributed by atoms with van der Waals surface area (Å²) in [6.45, 7) is 1.97. The van der Waals surface area contributed by atoms with Crippen LogP contribution in [0, 0.1) is 6.92 Å². The van der Waals surface area contributed by atoms with Crippen LogP contribution in [0.2, 0.25) is 5.02 Å². The van der Waals surface area contributed by atoms with Gasteiger partial charge < -0.3 is 0 Å². The van der Waals surface area contributed by atoms with E-state index in [9.17, 15) is 0 Å². The van der Waals surface area contributed by atoms with E-state index >= 15 is 0 Å². The van der Waals surface area contributed by atoms with Gasteiger partial charge in [-0.3, -0.25) is 0 Å². The number of hydrogen-bond acceptors (Lipinski definition) is 2. The van der Waals surface area contributed by atoms with Gasteiger partial charge in [-0.25, -0.2) is 0 Å². The SMILES string of the molecule is Cc1c(Cl)cccc1C1(N=[N+]=[N-])CSC1. The average Bonchev–Trinajstić information content (AvgIpc) is 2.17. The molecule has 1 fully saturated rings. The maximum atomic E-state index is 8.60. The molecule has 3 nitrogen and oxygen atoms in total. The fraction of sp³-hybridized carbons (Fsp3) is 0.400. The van der Waals surface area contributed by atoms with Gasteiger partial charge in [-0.15, -0.1) is 0 Å². The minimum atomic E-state index is -0.367. The van der Waals surface area contributed by atoms with Gasteiger partial charge in [-0.05, 0) is 29.6 Å². The molecular weight excluding hydrogens is 230 g/mol. The summed E-state index contributed by atoms with van der Waals surface area (Å²) in [5, 5.41) is 4.67. The van der Waals surface area contributed by atoms with Crippen LogP contribution >= 0.6 is 23.4 Å². The fourth-order valence-corrected chi connectivity index (χ4v) is 2.95. The second kappa shape index (κ2) is 3.97. The Bertz CT molecular complexity index is 436. The lowest BCUT2D eigenvalue weighted by Gasteiger charge is -2.38. The summed E-state index contributed by atoms with van der Waals surface area (Å²) < 4.78 is 0. The topological polar surface area (TPSA) is 48.8 Å². The zero-order valence-corrected chi connectivity index (χ0v) is 9.85. The van der Waals surface area contributed by atoms with Crippen molar-refractivity contribution in [3.63, 3.8) is 0 Å². The molecule has 0 saturated carbocycles. The highest BCUT2D eigenvalue weighted by atomic mass is 35.5. The van der Waals surface area contributed by atoms with Crippen LogP contribution in [-0.4, -0.2) is 11.5 Å². The van der Waals surface area contributed by atoms with Crippen LogP contribution in [0.3, 0.4) is 0 Å². The highest BCUT2D eigenvalue weighted by Crippen LogP contribution is 2.44. The lowest BCUT2D eigenvalue weighted by Crippen LogP contribution is -2.38. The molecule has 0 atom stereocenters. The lowest BCUT2D eigenvalue weighted by atomic mass is 9.90. The van der Waals surface area contributed by atoms with Gasteiger partial charge >= 0.3 is 0 Å². The first-order chi connectivity index (χ1) is 7.19. The molecule has 1 aliphatic rings. The number of hydrogen-bond donors (Lipinski definition) is 0. The van der Waals surface area contributed by atoms with Gasteiger partial charge in [0.25, 0.3) is 0 Å². The highest BCUT2D eigenvalue weighted by molar-refractivity contribution is 8.00. The third-order valence-electron chi connectivity index (χ3n) is 2.69. The van der Waals surface area contributed by atoms with E-state index in [-0.39, 0.29) is 5.54 Å². The van der Waals surface area contributed by atoms with E-state index in [2.05, 4.69) is 10.0 Å². The molecule has 0 N–H and O–H groups in total. The van der Waals surface area contributed by atoms with Crippen LogP contribution in [0.1, 0.15) is 11.1 Å². The van der Waals surface area contributed by atoms with E-state index in [1.54, 1.807) is 11.8 Å². The first-order valence-electron chi connectivity index (χ1n) is 4.59. The van der Waals surface area contributed by atoms with Crippen molar-refractivity contribution >= 4 is 23.4 Å². The van der Waals surface area contributed by atoms with Gasteiger partial charge in [-0.1, -0.05) is 28.8 Å². The highest BCUT2D eigenvalue weighted by Gasteiger charge is 2.40. The molecule has 1 heterocycles. The second-order valence-corrected chi connectivity index (χ2v) is 5.02. The van der Waals surface area contributed by atoms with Crippen molar-refractivity contribution in [3.05, 3.63) is 44.8 Å². The van der Waals surface area contributed by atoms with E-state index in [1.165, 1.54) is 0 Å². The Morgan fingerprint density at radius 3 is 2.80 bits per heavy atom. The van der Waals surface area contributed by atoms with Crippen molar-refractivity contribution in [1.82, 2.24) is 0 Å². The van der Waals surface area contributed by atoms with Crippen molar-refractivity contribution in [2.45, 2.75) is 12.5 Å². The van der Waals surface area contributed by atoms with Gasteiger partial charge in [0.1, 0.15) is 0 Å². The van der Waals surface area contributed by atoms with Gasteiger partial charge in [0, 0.05) is 21.4 Å². The maximum Gasteiger partial charge on any atom is 0.0921 e. The number of thioether (sulfide) groups is 1. The van der Waals surface area contributed by atoms with Crippen molar-refractivity contribution in [2.24, 2.45) is 5.11 Å². The molecule has 78 valence electrons. The summed E-state index contributed by atoms with van der Waals surface area (Å²) in [5.74, 6) is 1.69. The molecule has 0 amide bonds. The molecular formula is C10H10ClN3S. The molecule has 0 spiro atoms. The summed E-state index contributed by atoms with van der Waals surface area (Å²) in [6.07, 6.45) is 0. The van der Waals surface area contributed by atoms with Gasteiger partial charge in [0.05, 0.1) is 5.54 Å². The van der Waals surface area contributed by atoms with Crippen molar-refractivity contribution in [2.75, 3.05) is 11.5 Å². The largest absolute Gasteiger partial charge is 0.160 e. The number of rotatable bonds is 2. The Morgan fingerprint density at radius 1 is 1.53 bits per heavy atom. The molecule has 0 bridgehead atoms. The molecule has 2 rings (SSSR count). The molecule has 15 heavy (non-hydrogen) atoms. The first kappa shape index (κ1) is 10.7. The fourth-order valence-electron chi connectivity index (χ4n) is 1.76. The van der Waals surface area contributed by atoms with Crippen molar-refractivity contribution in [3.8, 4) is 0 Å². The number of benzene rings is 1. The van der Waals surface area contributed by atoms with Crippen LogP contribution < -0.4 is 0 Å². The zero-order chi connectivity index (χ0) is 10.9. The summed E-state index contributed by atoms with van der Waals surface area (Å²) in [6, 6.07) is 5.76. The normalized spacial score (nSPS) is 17.7. The van der Waals surface area contributed by atoms with E-state index in [0.29, 0.717) is 0 Å². The molecule has 1 aromatic rings. The van der Waals surface area contributed by atoms with E-state index in [1.807, 2.05) is 25.1 Å². The van der Waals surface area contributed by atoms with E-state index < -0.39 is 0 Å². The van der Waals surface area contributed by atoms with Gasteiger partial charge in [0.15, 0.2) is 0 Å². The Hall–Kier alpha value is -0.830. The monoisotopic (exact) mass is 239 g/mol. The smallest absolute Gasteiger partial charge is 0.0921 e. The average molecular weight is 240 g/mol. The molecule has 0 aromatic heterocycles. The van der Waals surface area contributed by atoms with Gasteiger partial charge in [-0.2, -0.15) is 11.8 Å². The Kier molecular flexibility index (Phi) is 2.83. The molecule has 5 heteroatoms. The first-order valence-corrected chi connectivity index (χ1v) is 6.12. The predicted molar refractivity (Wildman–Crippen MR) is 64.3 cm³/mol. The standard InChI is InChI=1S/C10H10ClN3S/c1-7-8(3-2-4-9(7)11)10(13-14-12)5-15-6-10/h2-4H,5-6H2,1H3. The number of nitrogens with zero attached hydrogens (tertiary/aromatic N) is 3. The molecule has 0 radical (unpaired) electrons. The van der Waals surface area contributed by atoms with E-state index in [0.717, 1.165) is 27.7 Å². The Balaban J connectivity index is 2.52. The molecule has 1 aromatic carbocycles. The quantitative estimate of drug-likeness (QED) is 0.439. The van der Waals surface area contributed by atoms with Crippen LogP contribution in [0.15, 0.2) is 23.3 Å². The number of halogens is 1. The zero-order valence-electron chi connectivity index (χ0n) is 8.27.